The minimum Gasteiger partial charge on any atom is -0.349 e. The van der Waals surface area contributed by atoms with E-state index in [1.54, 1.807) is 31.4 Å². The molecule has 0 aliphatic carbocycles. The van der Waals surface area contributed by atoms with E-state index in [1.807, 2.05) is 11.8 Å². The van der Waals surface area contributed by atoms with Gasteiger partial charge in [0.15, 0.2) is 9.84 Å². The minimum absolute atomic E-state index is 0.0153. The monoisotopic (exact) mass is 338 g/mol. The zero-order valence-corrected chi connectivity index (χ0v) is 14.5. The summed E-state index contributed by atoms with van der Waals surface area (Å²) < 4.78 is 24.9. The van der Waals surface area contributed by atoms with Crippen LogP contribution in [0.1, 0.15) is 12.0 Å². The molecule has 2 fully saturated rings. The van der Waals surface area contributed by atoms with Gasteiger partial charge in [-0.1, -0.05) is 0 Å². The topological polar surface area (TPSA) is 83.5 Å². The quantitative estimate of drug-likeness (QED) is 0.761. The predicted octanol–water partition coefficient (Wildman–Crippen LogP) is 0.113. The van der Waals surface area contributed by atoms with Gasteiger partial charge in [0.25, 0.3) is 0 Å². The number of sulfone groups is 1. The first-order valence-corrected chi connectivity index (χ1v) is 9.47. The van der Waals surface area contributed by atoms with Gasteiger partial charge in [-0.05, 0) is 18.9 Å². The molecule has 0 radical (unpaired) electrons. The molecule has 0 unspecified atom stereocenters. The Labute approximate surface area is 136 Å². The molecule has 126 valence electrons. The van der Waals surface area contributed by atoms with Crippen LogP contribution in [-0.2, 0) is 14.6 Å². The number of rotatable bonds is 2. The van der Waals surface area contributed by atoms with Gasteiger partial charge in [-0.2, -0.15) is 0 Å². The van der Waals surface area contributed by atoms with Crippen LogP contribution >= 0.6 is 0 Å². The number of nitrogens with zero attached hydrogens (tertiary/aromatic N) is 4. The van der Waals surface area contributed by atoms with E-state index >= 15 is 0 Å². The molecule has 23 heavy (non-hydrogen) atoms. The molecule has 2 aliphatic heterocycles. The molecule has 2 aliphatic rings. The van der Waals surface area contributed by atoms with Gasteiger partial charge in [0.1, 0.15) is 0 Å². The Kier molecular flexibility index (Phi) is 4.03. The summed E-state index contributed by atoms with van der Waals surface area (Å²) in [6, 6.07) is 0. The average molecular weight is 338 g/mol. The second-order valence-corrected chi connectivity index (χ2v) is 9.00. The Balaban J connectivity index is 1.89. The second kappa shape index (κ2) is 5.74. The number of carbonyl (C=O) groups is 1. The van der Waals surface area contributed by atoms with E-state index in [0.717, 1.165) is 5.56 Å². The lowest BCUT2D eigenvalue weighted by atomic mass is 9.87. The van der Waals surface area contributed by atoms with Crippen molar-refractivity contribution < 1.29 is 13.2 Å². The summed E-state index contributed by atoms with van der Waals surface area (Å²) in [6.45, 7) is 2.79. The minimum atomic E-state index is -3.17. The lowest BCUT2D eigenvalue weighted by Crippen LogP contribution is -2.46. The number of fused-ring (bicyclic) bond motifs is 1. The molecule has 0 spiro atoms. The van der Waals surface area contributed by atoms with Gasteiger partial charge in [0.05, 0.1) is 11.0 Å². The second-order valence-electron chi connectivity index (χ2n) is 6.66. The van der Waals surface area contributed by atoms with Crippen LogP contribution < -0.4 is 4.90 Å². The Bertz CT molecular complexity index is 702. The summed E-state index contributed by atoms with van der Waals surface area (Å²) in [5, 5.41) is -0.505. The van der Waals surface area contributed by atoms with E-state index in [0.29, 0.717) is 25.5 Å². The van der Waals surface area contributed by atoms with Crippen molar-refractivity contribution in [3.05, 3.63) is 18.0 Å². The number of carbonyl (C=O) groups excluding carboxylic acids is 1. The zero-order valence-electron chi connectivity index (χ0n) is 13.6. The van der Waals surface area contributed by atoms with Crippen LogP contribution in [0.15, 0.2) is 12.4 Å². The molecule has 3 rings (SSSR count). The molecule has 1 amide bonds. The lowest BCUT2D eigenvalue weighted by molar-refractivity contribution is -0.134. The number of hydrogen-bond donors (Lipinski definition) is 0. The van der Waals surface area contributed by atoms with Gasteiger partial charge >= 0.3 is 0 Å². The molecule has 0 N–H and O–H groups in total. The number of aromatic nitrogens is 2. The molecule has 2 saturated heterocycles. The molecule has 8 heteroatoms. The summed E-state index contributed by atoms with van der Waals surface area (Å²) in [6.07, 6.45) is 3.85. The van der Waals surface area contributed by atoms with Crippen molar-refractivity contribution in [1.29, 1.82) is 0 Å². The van der Waals surface area contributed by atoms with Gasteiger partial charge < -0.3 is 9.80 Å². The van der Waals surface area contributed by atoms with Crippen LogP contribution in [0.5, 0.6) is 0 Å². The summed E-state index contributed by atoms with van der Waals surface area (Å²) in [5.74, 6) is 0.210. The summed E-state index contributed by atoms with van der Waals surface area (Å²) >= 11 is 0. The number of hydrogen-bond acceptors (Lipinski definition) is 6. The molecule has 1 aromatic rings. The largest absolute Gasteiger partial charge is 0.349 e. The highest BCUT2D eigenvalue weighted by Gasteiger charge is 2.51. The molecule has 0 aromatic carbocycles. The molecule has 0 saturated carbocycles. The van der Waals surface area contributed by atoms with Crippen molar-refractivity contribution in [1.82, 2.24) is 14.9 Å². The highest BCUT2D eigenvalue weighted by molar-refractivity contribution is 7.92. The van der Waals surface area contributed by atoms with Crippen LogP contribution in [-0.4, -0.2) is 67.4 Å². The molecule has 3 heterocycles. The van der Waals surface area contributed by atoms with E-state index in [1.165, 1.54) is 0 Å². The number of amides is 1. The third-order valence-electron chi connectivity index (χ3n) is 4.81. The Morgan fingerprint density at radius 1 is 1.26 bits per heavy atom. The normalized spacial score (nSPS) is 29.2. The van der Waals surface area contributed by atoms with Crippen molar-refractivity contribution in [2.75, 3.05) is 37.8 Å². The summed E-state index contributed by atoms with van der Waals surface area (Å²) in [5.41, 5.74) is 0.957. The van der Waals surface area contributed by atoms with Crippen molar-refractivity contribution in [2.45, 2.75) is 18.6 Å². The first kappa shape index (κ1) is 16.2. The SMILES string of the molecule is Cc1cnc(N2C[C@H]3[C@H](C(=O)N(C)C)CCS(=O)(=O)[C@H]3C2)nc1. The van der Waals surface area contributed by atoms with Gasteiger partial charge in [0.2, 0.25) is 11.9 Å². The van der Waals surface area contributed by atoms with E-state index in [9.17, 15) is 13.2 Å². The lowest BCUT2D eigenvalue weighted by Gasteiger charge is -2.33. The van der Waals surface area contributed by atoms with E-state index in [-0.39, 0.29) is 23.5 Å². The van der Waals surface area contributed by atoms with Gasteiger partial charge in [-0.15, -0.1) is 0 Å². The van der Waals surface area contributed by atoms with Gasteiger partial charge in [-0.3, -0.25) is 4.79 Å². The van der Waals surface area contributed by atoms with E-state index in [2.05, 4.69) is 9.97 Å². The smallest absolute Gasteiger partial charge is 0.225 e. The third kappa shape index (κ3) is 2.91. The Morgan fingerprint density at radius 3 is 2.52 bits per heavy atom. The molecule has 0 bridgehead atoms. The Hall–Kier alpha value is -1.70. The Morgan fingerprint density at radius 2 is 1.91 bits per heavy atom. The third-order valence-corrected chi connectivity index (χ3v) is 7.03. The molecule has 7 nitrogen and oxygen atoms in total. The molecule has 3 atom stereocenters. The highest BCUT2D eigenvalue weighted by atomic mass is 32.2. The van der Waals surface area contributed by atoms with Crippen molar-refractivity contribution in [3.63, 3.8) is 0 Å². The van der Waals surface area contributed by atoms with Gasteiger partial charge in [-0.25, -0.2) is 18.4 Å². The van der Waals surface area contributed by atoms with Crippen molar-refractivity contribution in [2.24, 2.45) is 11.8 Å². The van der Waals surface area contributed by atoms with Crippen LogP contribution in [0.2, 0.25) is 0 Å². The molecular weight excluding hydrogens is 316 g/mol. The van der Waals surface area contributed by atoms with Crippen LogP contribution in [0.4, 0.5) is 5.95 Å². The number of anilines is 1. The summed E-state index contributed by atoms with van der Waals surface area (Å²) in [7, 11) is 0.268. The maximum Gasteiger partial charge on any atom is 0.225 e. The fraction of sp³-hybridized carbons (Fsp3) is 0.667. The first-order chi connectivity index (χ1) is 10.8. The predicted molar refractivity (Wildman–Crippen MR) is 86.8 cm³/mol. The van der Waals surface area contributed by atoms with Crippen LogP contribution in [0, 0.1) is 18.8 Å². The molecular formula is C15H22N4O3S. The van der Waals surface area contributed by atoms with Crippen LogP contribution in [0.25, 0.3) is 0 Å². The fourth-order valence-corrected chi connectivity index (χ4v) is 5.67. The van der Waals surface area contributed by atoms with Gasteiger partial charge in [0, 0.05) is 51.4 Å². The van der Waals surface area contributed by atoms with Crippen molar-refractivity contribution in [3.8, 4) is 0 Å². The summed E-state index contributed by atoms with van der Waals surface area (Å²) in [4.78, 5) is 24.5. The van der Waals surface area contributed by atoms with Crippen LogP contribution in [0.3, 0.4) is 0 Å². The fourth-order valence-electron chi connectivity index (χ4n) is 3.57. The standard InChI is InChI=1S/C15H22N4O3S/c1-10-6-16-15(17-7-10)19-8-12-11(14(20)18(2)3)4-5-23(21,22)13(12)9-19/h6-7,11-13H,4-5,8-9H2,1-3H3/t11-,12+,13+/m1/s1. The maximum absolute atomic E-state index is 12.4. The van der Waals surface area contributed by atoms with E-state index in [4.69, 9.17) is 0 Å². The van der Waals surface area contributed by atoms with Crippen molar-refractivity contribution >= 4 is 21.7 Å². The first-order valence-electron chi connectivity index (χ1n) is 7.76. The highest BCUT2D eigenvalue weighted by Crippen LogP contribution is 2.38. The molecule has 1 aromatic heterocycles. The zero-order chi connectivity index (χ0) is 16.8. The van der Waals surface area contributed by atoms with E-state index < -0.39 is 15.1 Å². The number of aryl methyl sites for hydroxylation is 1. The average Bonchev–Trinajstić information content (AvgIpc) is 2.94. The maximum atomic E-state index is 12.4.